The number of nitrogens with zero attached hydrogens (tertiary/aromatic N) is 3. The van der Waals surface area contributed by atoms with Crippen LogP contribution < -0.4 is 10.6 Å². The van der Waals surface area contributed by atoms with Gasteiger partial charge in [-0.25, -0.2) is 0 Å². The van der Waals surface area contributed by atoms with Crippen LogP contribution in [0.2, 0.25) is 0 Å². The zero-order chi connectivity index (χ0) is 14.1. The SMILES string of the molecule is Cn1ncc(C(=O)N2CCCCc3ccccc32)c1N. The fraction of sp³-hybridized carbons (Fsp3) is 0.333. The van der Waals surface area contributed by atoms with Crippen molar-refractivity contribution in [3.8, 4) is 0 Å². The minimum atomic E-state index is -0.0649. The first kappa shape index (κ1) is 12.7. The number of para-hydroxylation sites is 1. The Bertz CT molecular complexity index is 647. The molecule has 0 saturated heterocycles. The summed E-state index contributed by atoms with van der Waals surface area (Å²) in [6.07, 6.45) is 4.66. The van der Waals surface area contributed by atoms with E-state index in [1.807, 2.05) is 23.1 Å². The fourth-order valence-electron chi connectivity index (χ4n) is 2.66. The van der Waals surface area contributed by atoms with Crippen LogP contribution in [-0.4, -0.2) is 22.2 Å². The van der Waals surface area contributed by atoms with Crippen molar-refractivity contribution >= 4 is 17.4 Å². The van der Waals surface area contributed by atoms with E-state index >= 15 is 0 Å². The maximum absolute atomic E-state index is 12.7. The van der Waals surface area contributed by atoms with E-state index in [1.54, 1.807) is 13.2 Å². The number of nitrogens with two attached hydrogens (primary N) is 1. The lowest BCUT2D eigenvalue weighted by Gasteiger charge is -2.22. The minimum Gasteiger partial charge on any atom is -0.383 e. The summed E-state index contributed by atoms with van der Waals surface area (Å²) in [5, 5.41) is 4.06. The Hall–Kier alpha value is -2.30. The van der Waals surface area contributed by atoms with Gasteiger partial charge in [0.2, 0.25) is 0 Å². The molecule has 5 heteroatoms. The molecule has 0 aliphatic carbocycles. The number of hydrogen-bond donors (Lipinski definition) is 1. The number of nitrogen functional groups attached to an aromatic ring is 1. The molecule has 1 aliphatic heterocycles. The summed E-state index contributed by atoms with van der Waals surface area (Å²) >= 11 is 0. The van der Waals surface area contributed by atoms with Gasteiger partial charge in [0, 0.05) is 19.3 Å². The summed E-state index contributed by atoms with van der Waals surface area (Å²) in [6, 6.07) is 8.08. The molecule has 5 nitrogen and oxygen atoms in total. The number of carbonyl (C=O) groups excluding carboxylic acids is 1. The second-order valence-corrected chi connectivity index (χ2v) is 5.11. The van der Waals surface area contributed by atoms with Crippen LogP contribution in [0.15, 0.2) is 30.5 Å². The first-order chi connectivity index (χ1) is 9.68. The van der Waals surface area contributed by atoms with Crippen molar-refractivity contribution in [1.82, 2.24) is 9.78 Å². The summed E-state index contributed by atoms with van der Waals surface area (Å²) in [5.74, 6) is 0.349. The van der Waals surface area contributed by atoms with E-state index in [0.29, 0.717) is 11.4 Å². The molecule has 0 bridgehead atoms. The maximum atomic E-state index is 12.7. The van der Waals surface area contributed by atoms with Gasteiger partial charge in [-0.05, 0) is 30.9 Å². The molecule has 0 atom stereocenters. The highest BCUT2D eigenvalue weighted by Gasteiger charge is 2.24. The van der Waals surface area contributed by atoms with Gasteiger partial charge in [-0.15, -0.1) is 0 Å². The Morgan fingerprint density at radius 2 is 2.10 bits per heavy atom. The van der Waals surface area contributed by atoms with Crippen LogP contribution in [-0.2, 0) is 13.5 Å². The number of fused-ring (bicyclic) bond motifs is 1. The van der Waals surface area contributed by atoms with E-state index in [0.717, 1.165) is 31.5 Å². The van der Waals surface area contributed by atoms with Crippen LogP contribution in [0.5, 0.6) is 0 Å². The van der Waals surface area contributed by atoms with Gasteiger partial charge in [0.15, 0.2) is 0 Å². The lowest BCUT2D eigenvalue weighted by atomic mass is 10.1. The Morgan fingerprint density at radius 3 is 2.85 bits per heavy atom. The first-order valence-corrected chi connectivity index (χ1v) is 6.85. The molecule has 1 aromatic carbocycles. The number of benzene rings is 1. The lowest BCUT2D eigenvalue weighted by Crippen LogP contribution is -2.32. The molecule has 1 aliphatic rings. The summed E-state index contributed by atoms with van der Waals surface area (Å²) in [6.45, 7) is 0.726. The van der Waals surface area contributed by atoms with E-state index < -0.39 is 0 Å². The van der Waals surface area contributed by atoms with Crippen molar-refractivity contribution in [2.45, 2.75) is 19.3 Å². The zero-order valence-electron chi connectivity index (χ0n) is 11.5. The molecule has 2 aromatic rings. The normalized spacial score (nSPS) is 14.8. The molecule has 0 fully saturated rings. The van der Waals surface area contributed by atoms with E-state index in [4.69, 9.17) is 5.73 Å². The maximum Gasteiger partial charge on any atom is 0.263 e. The van der Waals surface area contributed by atoms with Gasteiger partial charge in [0.25, 0.3) is 5.91 Å². The third-order valence-electron chi connectivity index (χ3n) is 3.82. The van der Waals surface area contributed by atoms with Gasteiger partial charge < -0.3 is 10.6 Å². The Morgan fingerprint density at radius 1 is 1.30 bits per heavy atom. The number of rotatable bonds is 1. The van der Waals surface area contributed by atoms with Crippen LogP contribution in [0.1, 0.15) is 28.8 Å². The highest BCUT2D eigenvalue weighted by atomic mass is 16.2. The molecule has 2 heterocycles. The molecule has 3 rings (SSSR count). The van der Waals surface area contributed by atoms with Crippen molar-refractivity contribution < 1.29 is 4.79 Å². The molecule has 0 unspecified atom stereocenters. The largest absolute Gasteiger partial charge is 0.383 e. The van der Waals surface area contributed by atoms with Gasteiger partial charge in [0.1, 0.15) is 11.4 Å². The topological polar surface area (TPSA) is 64.2 Å². The second kappa shape index (κ2) is 5.00. The highest BCUT2D eigenvalue weighted by molar-refractivity contribution is 6.09. The van der Waals surface area contributed by atoms with Gasteiger partial charge in [-0.1, -0.05) is 18.2 Å². The van der Waals surface area contributed by atoms with Gasteiger partial charge >= 0.3 is 0 Å². The van der Waals surface area contributed by atoms with Crippen molar-refractivity contribution in [3.63, 3.8) is 0 Å². The third kappa shape index (κ3) is 2.05. The highest BCUT2D eigenvalue weighted by Crippen LogP contribution is 2.28. The number of aryl methyl sites for hydroxylation is 2. The quantitative estimate of drug-likeness (QED) is 0.861. The Labute approximate surface area is 118 Å². The standard InChI is InChI=1S/C15H18N4O/c1-18-14(16)12(10-17-18)15(20)19-9-5-4-7-11-6-2-3-8-13(11)19/h2-3,6,8,10H,4-5,7,9,16H2,1H3. The summed E-state index contributed by atoms with van der Waals surface area (Å²) in [4.78, 5) is 14.6. The molecule has 104 valence electrons. The van der Waals surface area contributed by atoms with Gasteiger partial charge in [0.05, 0.1) is 6.20 Å². The molecular weight excluding hydrogens is 252 g/mol. The minimum absolute atomic E-state index is 0.0649. The van der Waals surface area contributed by atoms with Crippen LogP contribution in [0.4, 0.5) is 11.5 Å². The molecule has 20 heavy (non-hydrogen) atoms. The summed E-state index contributed by atoms with van der Waals surface area (Å²) < 4.78 is 1.52. The monoisotopic (exact) mass is 270 g/mol. The third-order valence-corrected chi connectivity index (χ3v) is 3.82. The van der Waals surface area contributed by atoms with Crippen LogP contribution in [0.3, 0.4) is 0 Å². The second-order valence-electron chi connectivity index (χ2n) is 5.11. The predicted molar refractivity (Wildman–Crippen MR) is 78.7 cm³/mol. The zero-order valence-corrected chi connectivity index (χ0v) is 11.5. The van der Waals surface area contributed by atoms with Crippen molar-refractivity contribution in [2.24, 2.45) is 7.05 Å². The smallest absolute Gasteiger partial charge is 0.263 e. The molecule has 2 N–H and O–H groups in total. The molecule has 1 aromatic heterocycles. The average Bonchev–Trinajstić information content (AvgIpc) is 2.68. The van der Waals surface area contributed by atoms with Crippen molar-refractivity contribution in [1.29, 1.82) is 0 Å². The van der Waals surface area contributed by atoms with Gasteiger partial charge in [-0.3, -0.25) is 9.48 Å². The fourth-order valence-corrected chi connectivity index (χ4v) is 2.66. The van der Waals surface area contributed by atoms with Crippen LogP contribution in [0, 0.1) is 0 Å². The van der Waals surface area contributed by atoms with Crippen molar-refractivity contribution in [3.05, 3.63) is 41.6 Å². The number of carbonyl (C=O) groups is 1. The molecular formula is C15H18N4O. The van der Waals surface area contributed by atoms with Gasteiger partial charge in [-0.2, -0.15) is 5.10 Å². The van der Waals surface area contributed by atoms with Crippen LogP contribution >= 0.6 is 0 Å². The van der Waals surface area contributed by atoms with Crippen molar-refractivity contribution in [2.75, 3.05) is 17.2 Å². The van der Waals surface area contributed by atoms with Crippen LogP contribution in [0.25, 0.3) is 0 Å². The molecule has 0 saturated carbocycles. The van der Waals surface area contributed by atoms with E-state index in [-0.39, 0.29) is 5.91 Å². The number of hydrogen-bond acceptors (Lipinski definition) is 3. The van der Waals surface area contributed by atoms with E-state index in [9.17, 15) is 4.79 Å². The summed E-state index contributed by atoms with van der Waals surface area (Å²) in [7, 11) is 1.74. The molecule has 1 amide bonds. The first-order valence-electron chi connectivity index (χ1n) is 6.85. The summed E-state index contributed by atoms with van der Waals surface area (Å²) in [5.41, 5.74) is 8.62. The number of anilines is 2. The molecule has 0 spiro atoms. The predicted octanol–water partition coefficient (Wildman–Crippen LogP) is 1.99. The Balaban J connectivity index is 2.01. The Kier molecular flexibility index (Phi) is 3.18. The lowest BCUT2D eigenvalue weighted by molar-refractivity contribution is 0.0988. The van der Waals surface area contributed by atoms with E-state index in [2.05, 4.69) is 11.2 Å². The van der Waals surface area contributed by atoms with E-state index in [1.165, 1.54) is 10.2 Å². The average molecular weight is 270 g/mol. The number of aromatic nitrogens is 2. The number of amides is 1. The molecule has 0 radical (unpaired) electrons.